The molecule has 0 N–H and O–H groups in total. The van der Waals surface area contributed by atoms with Crippen molar-refractivity contribution in [2.24, 2.45) is 0 Å². The maximum atomic E-state index is 5.37. The monoisotopic (exact) mass is 878 g/mol. The molecule has 0 aliphatic rings. The first kappa shape index (κ1) is 40.1. The summed E-state index contributed by atoms with van der Waals surface area (Å²) >= 11 is 0. The van der Waals surface area contributed by atoms with Gasteiger partial charge in [0, 0.05) is 33.2 Å². The highest BCUT2D eigenvalue weighted by atomic mass is 15.0. The van der Waals surface area contributed by atoms with Gasteiger partial charge in [0.2, 0.25) is 0 Å². The normalized spacial score (nSPS) is 11.5. The lowest BCUT2D eigenvalue weighted by Gasteiger charge is -2.14. The van der Waals surface area contributed by atoms with Crippen molar-refractivity contribution in [2.75, 3.05) is 0 Å². The van der Waals surface area contributed by atoms with Gasteiger partial charge in [-0.15, -0.1) is 0 Å². The maximum Gasteiger partial charge on any atom is 0.164 e. The first-order chi connectivity index (χ1) is 34.2. The fourth-order valence-electron chi connectivity index (χ4n) is 10.1. The van der Waals surface area contributed by atoms with Gasteiger partial charge in [0.15, 0.2) is 17.5 Å². The smallest absolute Gasteiger partial charge is 0.164 e. The number of fused-ring (bicyclic) bond motifs is 7. The third-order valence-electron chi connectivity index (χ3n) is 13.4. The van der Waals surface area contributed by atoms with Gasteiger partial charge < -0.3 is 4.57 Å². The van der Waals surface area contributed by atoms with Gasteiger partial charge in [0.25, 0.3) is 0 Å². The molecule has 0 aliphatic carbocycles. The van der Waals surface area contributed by atoms with Crippen molar-refractivity contribution in [2.45, 2.75) is 0 Å². The summed E-state index contributed by atoms with van der Waals surface area (Å²) in [5, 5.41) is 7.12. The topological polar surface area (TPSA) is 43.6 Å². The van der Waals surface area contributed by atoms with Crippen LogP contribution in [-0.4, -0.2) is 19.5 Å². The van der Waals surface area contributed by atoms with Crippen LogP contribution >= 0.6 is 0 Å². The molecule has 4 nitrogen and oxygen atoms in total. The molecule has 322 valence electrons. The summed E-state index contributed by atoms with van der Waals surface area (Å²) in [6, 6.07) is 90.7. The predicted molar refractivity (Wildman–Crippen MR) is 287 cm³/mol. The molecule has 0 bridgehead atoms. The zero-order chi connectivity index (χ0) is 45.7. The minimum atomic E-state index is 0.612. The van der Waals surface area contributed by atoms with Gasteiger partial charge in [-0.2, -0.15) is 0 Å². The van der Waals surface area contributed by atoms with Crippen LogP contribution in [0.5, 0.6) is 0 Å². The van der Waals surface area contributed by atoms with Crippen LogP contribution in [-0.2, 0) is 0 Å². The fraction of sp³-hybridized carbons (Fsp3) is 0. The van der Waals surface area contributed by atoms with E-state index in [1.807, 2.05) is 18.2 Å². The second-order valence-corrected chi connectivity index (χ2v) is 17.6. The molecule has 13 rings (SSSR count). The molecule has 0 unspecified atom stereocenters. The highest BCUT2D eigenvalue weighted by Crippen LogP contribution is 2.44. The van der Waals surface area contributed by atoms with Crippen molar-refractivity contribution in [1.29, 1.82) is 0 Å². The lowest BCUT2D eigenvalue weighted by Crippen LogP contribution is -2.01. The quantitative estimate of drug-likeness (QED) is 0.153. The van der Waals surface area contributed by atoms with E-state index in [4.69, 9.17) is 15.0 Å². The third-order valence-corrected chi connectivity index (χ3v) is 13.4. The SMILES string of the molecule is c1ccc(-c2cccc(-c3cc(-c4ccccc4)cc(-c4ccc(-c5nc(-c6ccccc6)nc(-c6cc7c(c8ccccc68)c6c8ccccc8ccc6n7-c6ccccc6)n5)cc4)c3)c2)cc1. The van der Waals surface area contributed by atoms with E-state index in [1.54, 1.807) is 0 Å². The Morgan fingerprint density at radius 3 is 1.32 bits per heavy atom. The number of hydrogen-bond donors (Lipinski definition) is 0. The Labute approximate surface area is 400 Å². The average molecular weight is 879 g/mol. The number of benzene rings is 11. The standard InChI is InChI=1S/C65H42N4/c1-5-18-43(19-6-1)49-25-17-26-50(38-49)53-40-51(44-20-7-2-8-21-44)39-52(41-53)45-32-34-48(35-33-45)64-66-63(47-23-9-3-10-24-47)67-65(68-64)58-42-60-62(57-31-16-15-30-56(57)58)61-55-29-14-13-22-46(55)36-37-59(61)69(60)54-27-11-4-12-28-54/h1-42H. The van der Waals surface area contributed by atoms with E-state index in [0.29, 0.717) is 17.5 Å². The molecule has 11 aromatic carbocycles. The molecular formula is C65H42N4. The van der Waals surface area contributed by atoms with E-state index in [9.17, 15) is 0 Å². The number of hydrogen-bond acceptors (Lipinski definition) is 3. The van der Waals surface area contributed by atoms with Crippen LogP contribution in [0.15, 0.2) is 255 Å². The lowest BCUT2D eigenvalue weighted by atomic mass is 9.92. The number of rotatable bonds is 8. The first-order valence-corrected chi connectivity index (χ1v) is 23.4. The Morgan fingerprint density at radius 1 is 0.246 bits per heavy atom. The van der Waals surface area contributed by atoms with Crippen molar-refractivity contribution < 1.29 is 0 Å². The Bertz CT molecular complexity index is 4030. The highest BCUT2D eigenvalue weighted by Gasteiger charge is 2.22. The van der Waals surface area contributed by atoms with E-state index in [0.717, 1.165) is 66.4 Å². The Morgan fingerprint density at radius 2 is 0.667 bits per heavy atom. The van der Waals surface area contributed by atoms with Crippen LogP contribution in [0.25, 0.3) is 128 Å². The van der Waals surface area contributed by atoms with E-state index >= 15 is 0 Å². The van der Waals surface area contributed by atoms with Gasteiger partial charge in [0.05, 0.1) is 11.0 Å². The first-order valence-electron chi connectivity index (χ1n) is 23.4. The number of nitrogens with zero attached hydrogens (tertiary/aromatic N) is 4. The van der Waals surface area contributed by atoms with E-state index in [-0.39, 0.29) is 0 Å². The van der Waals surface area contributed by atoms with Crippen molar-refractivity contribution in [3.05, 3.63) is 255 Å². The molecule has 69 heavy (non-hydrogen) atoms. The van der Waals surface area contributed by atoms with E-state index < -0.39 is 0 Å². The minimum absolute atomic E-state index is 0.612. The summed E-state index contributed by atoms with van der Waals surface area (Å²) < 4.78 is 2.39. The molecule has 2 aromatic heterocycles. The summed E-state index contributed by atoms with van der Waals surface area (Å²) in [6.45, 7) is 0. The molecule has 0 radical (unpaired) electrons. The molecular weight excluding hydrogens is 837 g/mol. The van der Waals surface area contributed by atoms with Gasteiger partial charge in [-0.05, 0) is 115 Å². The second-order valence-electron chi connectivity index (χ2n) is 17.6. The van der Waals surface area contributed by atoms with Gasteiger partial charge >= 0.3 is 0 Å². The molecule has 0 spiro atoms. The molecule has 2 heterocycles. The largest absolute Gasteiger partial charge is 0.309 e. The van der Waals surface area contributed by atoms with Crippen LogP contribution in [0.4, 0.5) is 0 Å². The number of aromatic nitrogens is 4. The van der Waals surface area contributed by atoms with Crippen LogP contribution < -0.4 is 0 Å². The van der Waals surface area contributed by atoms with Crippen molar-refractivity contribution in [1.82, 2.24) is 19.5 Å². The summed E-state index contributed by atoms with van der Waals surface area (Å²) in [7, 11) is 0. The molecule has 4 heteroatoms. The lowest BCUT2D eigenvalue weighted by molar-refractivity contribution is 1.08. The summed E-state index contributed by atoms with van der Waals surface area (Å²) in [4.78, 5) is 15.9. The Kier molecular flexibility index (Phi) is 9.80. The van der Waals surface area contributed by atoms with E-state index in [1.165, 1.54) is 43.8 Å². The van der Waals surface area contributed by atoms with Crippen LogP contribution in [0.3, 0.4) is 0 Å². The van der Waals surface area contributed by atoms with Crippen molar-refractivity contribution >= 4 is 43.4 Å². The van der Waals surface area contributed by atoms with E-state index in [2.05, 4.69) is 241 Å². The molecule has 0 fully saturated rings. The summed E-state index contributed by atoms with van der Waals surface area (Å²) in [6.07, 6.45) is 0. The van der Waals surface area contributed by atoms with Gasteiger partial charge in [-0.3, -0.25) is 0 Å². The average Bonchev–Trinajstić information content (AvgIpc) is 3.79. The van der Waals surface area contributed by atoms with Crippen molar-refractivity contribution in [3.8, 4) is 84.4 Å². The third kappa shape index (κ3) is 7.23. The summed E-state index contributed by atoms with van der Waals surface area (Å²) in [5.41, 5.74) is 15.4. The second kappa shape index (κ2) is 16.9. The minimum Gasteiger partial charge on any atom is -0.309 e. The van der Waals surface area contributed by atoms with Crippen LogP contribution in [0, 0.1) is 0 Å². The van der Waals surface area contributed by atoms with Crippen molar-refractivity contribution in [3.63, 3.8) is 0 Å². The summed E-state index contributed by atoms with van der Waals surface area (Å²) in [5.74, 6) is 1.85. The zero-order valence-electron chi connectivity index (χ0n) is 37.5. The molecule has 0 atom stereocenters. The van der Waals surface area contributed by atoms with Crippen LogP contribution in [0.1, 0.15) is 0 Å². The zero-order valence-corrected chi connectivity index (χ0v) is 37.5. The highest BCUT2D eigenvalue weighted by molar-refractivity contribution is 6.30. The molecule has 0 aliphatic heterocycles. The molecule has 0 amide bonds. The van der Waals surface area contributed by atoms with Gasteiger partial charge in [-0.1, -0.05) is 206 Å². The fourth-order valence-corrected chi connectivity index (χ4v) is 10.1. The van der Waals surface area contributed by atoms with Crippen LogP contribution in [0.2, 0.25) is 0 Å². The Balaban J connectivity index is 0.978. The predicted octanol–water partition coefficient (Wildman–Crippen LogP) is 16.9. The molecule has 13 aromatic rings. The van der Waals surface area contributed by atoms with Gasteiger partial charge in [-0.25, -0.2) is 15.0 Å². The Hall–Kier alpha value is -9.25. The molecule has 0 saturated carbocycles. The van der Waals surface area contributed by atoms with Gasteiger partial charge in [0.1, 0.15) is 0 Å². The maximum absolute atomic E-state index is 5.37. The molecule has 0 saturated heterocycles. The number of para-hydroxylation sites is 1.